The van der Waals surface area contributed by atoms with Crippen molar-refractivity contribution in [2.45, 2.75) is 13.0 Å². The molecule has 3 aromatic carbocycles. The fourth-order valence-corrected chi connectivity index (χ4v) is 6.51. The van der Waals surface area contributed by atoms with Crippen LogP contribution in [0.3, 0.4) is 0 Å². The van der Waals surface area contributed by atoms with Crippen molar-refractivity contribution < 1.29 is 23.7 Å². The Hall–Kier alpha value is -4.35. The van der Waals surface area contributed by atoms with Crippen molar-refractivity contribution >= 4 is 44.9 Å². The van der Waals surface area contributed by atoms with E-state index in [1.807, 2.05) is 24.3 Å². The number of fused-ring (bicyclic) bond motifs is 1. The van der Waals surface area contributed by atoms with Crippen LogP contribution in [-0.2, 0) is 4.79 Å². The number of rotatable bonds is 8. The summed E-state index contributed by atoms with van der Waals surface area (Å²) >= 11 is 4.75. The zero-order valence-corrected chi connectivity index (χ0v) is 26.0. The second kappa shape index (κ2) is 12.3. The topological polar surface area (TPSA) is 100 Å². The number of nitrogens with zero attached hydrogens (tertiary/aromatic N) is 2. The molecule has 2 heterocycles. The van der Waals surface area contributed by atoms with Gasteiger partial charge in [0.05, 0.1) is 48.7 Å². The highest BCUT2D eigenvalue weighted by molar-refractivity contribution is 9.10. The van der Waals surface area contributed by atoms with Crippen molar-refractivity contribution in [2.75, 3.05) is 33.8 Å². The van der Waals surface area contributed by atoms with Gasteiger partial charge in [0.15, 0.2) is 16.3 Å². The molecule has 1 aromatic heterocycles. The van der Waals surface area contributed by atoms with Gasteiger partial charge < -0.3 is 24.3 Å². The van der Waals surface area contributed by atoms with Gasteiger partial charge in [-0.2, -0.15) is 0 Å². The number of halogens is 1. The Kier molecular flexibility index (Phi) is 8.51. The largest absolute Gasteiger partial charge is 0.497 e. The summed E-state index contributed by atoms with van der Waals surface area (Å²) in [5.41, 5.74) is 2.49. The van der Waals surface area contributed by atoms with Gasteiger partial charge in [0.1, 0.15) is 17.5 Å². The van der Waals surface area contributed by atoms with Crippen LogP contribution < -0.4 is 39.2 Å². The number of para-hydroxylation sites is 1. The number of amides is 1. The molecule has 0 radical (unpaired) electrons. The Morgan fingerprint density at radius 1 is 0.976 bits per heavy atom. The molecule has 9 nitrogen and oxygen atoms in total. The first-order chi connectivity index (χ1) is 20.3. The molecule has 11 heteroatoms. The number of aromatic nitrogens is 1. The van der Waals surface area contributed by atoms with Gasteiger partial charge in [-0.15, -0.1) is 0 Å². The lowest BCUT2D eigenvalue weighted by atomic mass is 9.94. The predicted octanol–water partition coefficient (Wildman–Crippen LogP) is 4.67. The molecule has 1 N–H and O–H groups in total. The second-order valence-corrected chi connectivity index (χ2v) is 11.1. The summed E-state index contributed by atoms with van der Waals surface area (Å²) in [6.07, 6.45) is 1.77. The van der Waals surface area contributed by atoms with E-state index in [0.717, 1.165) is 5.56 Å². The van der Waals surface area contributed by atoms with Crippen molar-refractivity contribution in [2.24, 2.45) is 4.99 Å². The summed E-state index contributed by atoms with van der Waals surface area (Å²) in [6.45, 7) is 1.77. The Morgan fingerprint density at radius 2 is 1.71 bits per heavy atom. The first-order valence-electron chi connectivity index (χ1n) is 12.8. The van der Waals surface area contributed by atoms with E-state index in [1.165, 1.54) is 18.4 Å². The van der Waals surface area contributed by atoms with Crippen LogP contribution in [0.25, 0.3) is 6.08 Å². The number of hydrogen-bond acceptors (Lipinski definition) is 8. The first kappa shape index (κ1) is 29.2. The predicted molar refractivity (Wildman–Crippen MR) is 166 cm³/mol. The Bertz CT molecular complexity index is 1880. The molecule has 1 aliphatic heterocycles. The fourth-order valence-electron chi connectivity index (χ4n) is 4.84. The third-order valence-corrected chi connectivity index (χ3v) is 8.36. The highest BCUT2D eigenvalue weighted by Crippen LogP contribution is 2.38. The number of nitrogens with one attached hydrogen (secondary N) is 1. The first-order valence-corrected chi connectivity index (χ1v) is 14.4. The van der Waals surface area contributed by atoms with Crippen LogP contribution in [0.4, 0.5) is 5.69 Å². The fraction of sp³-hybridized carbons (Fsp3) is 0.194. The van der Waals surface area contributed by atoms with Crippen molar-refractivity contribution in [1.29, 1.82) is 0 Å². The molecule has 216 valence electrons. The molecular formula is C31H28BrN3O6S. The lowest BCUT2D eigenvalue weighted by Crippen LogP contribution is -2.40. The maximum absolute atomic E-state index is 14.1. The van der Waals surface area contributed by atoms with Gasteiger partial charge in [0.2, 0.25) is 0 Å². The number of methoxy groups -OCH3 is 4. The van der Waals surface area contributed by atoms with Crippen LogP contribution in [-0.4, -0.2) is 38.9 Å². The molecule has 0 bridgehead atoms. The summed E-state index contributed by atoms with van der Waals surface area (Å²) in [7, 11) is 6.21. The molecule has 1 atom stereocenters. The normalized spacial score (nSPS) is 14.6. The van der Waals surface area contributed by atoms with Crippen LogP contribution >= 0.6 is 27.3 Å². The minimum absolute atomic E-state index is 0.301. The third-order valence-electron chi connectivity index (χ3n) is 6.79. The second-order valence-electron chi connectivity index (χ2n) is 9.25. The van der Waals surface area contributed by atoms with Gasteiger partial charge in [-0.1, -0.05) is 29.5 Å². The van der Waals surface area contributed by atoms with E-state index in [4.69, 9.17) is 23.9 Å². The smallest absolute Gasteiger partial charge is 0.271 e. The molecule has 4 aromatic rings. The zero-order valence-electron chi connectivity index (χ0n) is 23.6. The van der Waals surface area contributed by atoms with Gasteiger partial charge >= 0.3 is 0 Å². The number of hydrogen-bond donors (Lipinski definition) is 1. The van der Waals surface area contributed by atoms with Crippen LogP contribution in [0.15, 0.2) is 86.2 Å². The Labute approximate surface area is 254 Å². The number of carbonyl (C=O) groups is 1. The highest BCUT2D eigenvalue weighted by atomic mass is 79.9. The molecule has 0 unspecified atom stereocenters. The Morgan fingerprint density at radius 3 is 2.38 bits per heavy atom. The summed E-state index contributed by atoms with van der Waals surface area (Å²) in [5, 5.41) is 2.96. The highest BCUT2D eigenvalue weighted by Gasteiger charge is 2.34. The molecule has 0 spiro atoms. The van der Waals surface area contributed by atoms with E-state index in [9.17, 15) is 9.59 Å². The van der Waals surface area contributed by atoms with Crippen molar-refractivity contribution in [3.63, 3.8) is 0 Å². The van der Waals surface area contributed by atoms with E-state index in [2.05, 4.69) is 21.2 Å². The molecular weight excluding hydrogens is 622 g/mol. The van der Waals surface area contributed by atoms with E-state index < -0.39 is 6.04 Å². The molecule has 5 rings (SSSR count). The zero-order chi connectivity index (χ0) is 30.0. The summed E-state index contributed by atoms with van der Waals surface area (Å²) < 4.78 is 24.7. The molecule has 0 saturated carbocycles. The van der Waals surface area contributed by atoms with Crippen LogP contribution in [0.1, 0.15) is 24.1 Å². The number of benzene rings is 3. The molecule has 0 fully saturated rings. The number of carbonyl (C=O) groups excluding carboxylic acids is 1. The van der Waals surface area contributed by atoms with Crippen LogP contribution in [0, 0.1) is 0 Å². The standard InChI is InChI=1S/C31H28BrN3O6S/c1-17-26(29(36)34-19-9-7-6-8-10-19)27(21-12-11-20(38-2)16-23(21)39-3)35-30(37)25(42-31(35)33-17)15-18-13-22(32)28(41-5)24(14-18)40-4/h6-16,27H,1-5H3,(H,34,36)/b25-15-/t27-/m0/s1. The van der Waals surface area contributed by atoms with Gasteiger partial charge in [0.25, 0.3) is 11.5 Å². The quantitative estimate of drug-likeness (QED) is 0.298. The average Bonchev–Trinajstić information content (AvgIpc) is 3.29. The monoisotopic (exact) mass is 649 g/mol. The molecule has 0 aliphatic carbocycles. The van der Waals surface area contributed by atoms with Crippen molar-refractivity contribution in [3.05, 3.63) is 107 Å². The van der Waals surface area contributed by atoms with E-state index >= 15 is 0 Å². The third kappa shape index (κ3) is 5.45. The SMILES string of the molecule is COc1ccc([C@H]2C(C(=O)Nc3ccccc3)=C(C)N=c3s/c(=C\c4cc(Br)c(OC)c(OC)c4)c(=O)n32)c(OC)c1. The van der Waals surface area contributed by atoms with E-state index in [0.29, 0.717) is 59.3 Å². The molecule has 1 amide bonds. The lowest BCUT2D eigenvalue weighted by Gasteiger charge is -2.26. The number of ether oxygens (including phenoxy) is 4. The van der Waals surface area contributed by atoms with Crippen molar-refractivity contribution in [3.8, 4) is 23.0 Å². The van der Waals surface area contributed by atoms with Crippen molar-refractivity contribution in [1.82, 2.24) is 4.57 Å². The maximum atomic E-state index is 14.1. The van der Waals surface area contributed by atoms with Gasteiger partial charge in [-0.25, -0.2) is 4.99 Å². The number of allylic oxidation sites excluding steroid dienone is 1. The van der Waals surface area contributed by atoms with E-state index in [1.54, 1.807) is 75.3 Å². The minimum Gasteiger partial charge on any atom is -0.497 e. The van der Waals surface area contributed by atoms with Crippen LogP contribution in [0.5, 0.6) is 23.0 Å². The molecule has 0 saturated heterocycles. The summed E-state index contributed by atoms with van der Waals surface area (Å²) in [5.74, 6) is 1.74. The minimum atomic E-state index is -0.815. The van der Waals surface area contributed by atoms with E-state index in [-0.39, 0.29) is 11.5 Å². The van der Waals surface area contributed by atoms with Gasteiger partial charge in [0, 0.05) is 17.3 Å². The maximum Gasteiger partial charge on any atom is 0.271 e. The van der Waals surface area contributed by atoms with Crippen LogP contribution in [0.2, 0.25) is 0 Å². The number of anilines is 1. The Balaban J connectivity index is 1.72. The summed E-state index contributed by atoms with van der Waals surface area (Å²) in [6, 6.07) is 17.3. The van der Waals surface area contributed by atoms with Gasteiger partial charge in [-0.05, 0) is 70.9 Å². The average molecular weight is 651 g/mol. The van der Waals surface area contributed by atoms with Gasteiger partial charge in [-0.3, -0.25) is 14.2 Å². The lowest BCUT2D eigenvalue weighted by molar-refractivity contribution is -0.113. The molecule has 1 aliphatic rings. The summed E-state index contributed by atoms with van der Waals surface area (Å²) in [4.78, 5) is 33.1. The number of thiazole rings is 1. The molecule has 42 heavy (non-hydrogen) atoms.